The van der Waals surface area contributed by atoms with Gasteiger partial charge < -0.3 is 14.8 Å². The summed E-state index contributed by atoms with van der Waals surface area (Å²) in [6, 6.07) is -0.363. The molecule has 0 rings (SSSR count). The third-order valence-corrected chi connectivity index (χ3v) is 2.49. The minimum absolute atomic E-state index is 0.250. The van der Waals surface area contributed by atoms with E-state index in [1.165, 1.54) is 14.2 Å². The maximum absolute atomic E-state index is 11.4. The summed E-state index contributed by atoms with van der Waals surface area (Å²) in [5, 5.41) is 2.99. The smallest absolute Gasteiger partial charge is 0.322 e. The van der Waals surface area contributed by atoms with Gasteiger partial charge in [-0.1, -0.05) is 0 Å². The van der Waals surface area contributed by atoms with Gasteiger partial charge in [0.25, 0.3) is 0 Å². The van der Waals surface area contributed by atoms with Crippen molar-refractivity contribution in [3.63, 3.8) is 0 Å². The van der Waals surface area contributed by atoms with Gasteiger partial charge in [0.1, 0.15) is 6.04 Å². The highest BCUT2D eigenvalue weighted by Gasteiger charge is 2.28. The maximum Gasteiger partial charge on any atom is 0.322 e. The first-order chi connectivity index (χ1) is 7.35. The van der Waals surface area contributed by atoms with Crippen molar-refractivity contribution < 1.29 is 19.1 Å². The van der Waals surface area contributed by atoms with E-state index in [0.29, 0.717) is 13.0 Å². The van der Waals surface area contributed by atoms with Gasteiger partial charge in [-0.2, -0.15) is 0 Å². The molecular weight excluding hydrogens is 210 g/mol. The Morgan fingerprint density at radius 3 is 2.25 bits per heavy atom. The SMILES string of the molecule is COC(=O)C(C)NCCC(C)(C)C(=O)OC. The van der Waals surface area contributed by atoms with Crippen molar-refractivity contribution in [3.05, 3.63) is 0 Å². The predicted molar refractivity (Wildman–Crippen MR) is 59.9 cm³/mol. The molecule has 5 nitrogen and oxygen atoms in total. The van der Waals surface area contributed by atoms with Crippen LogP contribution in [0.25, 0.3) is 0 Å². The Hall–Kier alpha value is -1.10. The third-order valence-electron chi connectivity index (χ3n) is 2.49. The minimum atomic E-state index is -0.544. The van der Waals surface area contributed by atoms with Gasteiger partial charge >= 0.3 is 11.9 Å². The fraction of sp³-hybridized carbons (Fsp3) is 0.818. The maximum atomic E-state index is 11.4. The Balaban J connectivity index is 3.98. The fourth-order valence-corrected chi connectivity index (χ4v) is 1.24. The second-order valence-corrected chi connectivity index (χ2v) is 4.32. The quantitative estimate of drug-likeness (QED) is 0.683. The largest absolute Gasteiger partial charge is 0.469 e. The van der Waals surface area contributed by atoms with E-state index in [1.54, 1.807) is 6.92 Å². The van der Waals surface area contributed by atoms with E-state index >= 15 is 0 Å². The van der Waals surface area contributed by atoms with Crippen LogP contribution < -0.4 is 5.32 Å². The van der Waals surface area contributed by atoms with E-state index < -0.39 is 5.41 Å². The molecule has 0 bridgehead atoms. The normalized spacial score (nSPS) is 13.1. The van der Waals surface area contributed by atoms with E-state index in [2.05, 4.69) is 14.8 Å². The highest BCUT2D eigenvalue weighted by atomic mass is 16.5. The standard InChI is InChI=1S/C11H21NO4/c1-8(9(13)15-4)12-7-6-11(2,3)10(14)16-5/h8,12H,6-7H2,1-5H3. The zero-order valence-electron chi connectivity index (χ0n) is 10.6. The van der Waals surface area contributed by atoms with E-state index in [4.69, 9.17) is 0 Å². The number of carbonyl (C=O) groups is 2. The fourth-order valence-electron chi connectivity index (χ4n) is 1.24. The van der Waals surface area contributed by atoms with Gasteiger partial charge in [0.05, 0.1) is 19.6 Å². The Bertz CT molecular complexity index is 250. The molecule has 0 aliphatic rings. The lowest BCUT2D eigenvalue weighted by molar-refractivity contribution is -0.151. The molecule has 0 aliphatic carbocycles. The molecular formula is C11H21NO4. The van der Waals surface area contributed by atoms with Crippen molar-refractivity contribution in [2.24, 2.45) is 5.41 Å². The zero-order valence-corrected chi connectivity index (χ0v) is 10.6. The molecule has 0 amide bonds. The lowest BCUT2D eigenvalue weighted by atomic mass is 9.89. The lowest BCUT2D eigenvalue weighted by Gasteiger charge is -2.22. The monoisotopic (exact) mass is 231 g/mol. The summed E-state index contributed by atoms with van der Waals surface area (Å²) in [6.45, 7) is 5.89. The topological polar surface area (TPSA) is 64.6 Å². The first-order valence-corrected chi connectivity index (χ1v) is 5.24. The van der Waals surface area contributed by atoms with E-state index in [-0.39, 0.29) is 18.0 Å². The van der Waals surface area contributed by atoms with Crippen LogP contribution in [0.4, 0.5) is 0 Å². The Morgan fingerprint density at radius 2 is 1.81 bits per heavy atom. The minimum Gasteiger partial charge on any atom is -0.469 e. The first-order valence-electron chi connectivity index (χ1n) is 5.24. The molecule has 0 saturated carbocycles. The summed E-state index contributed by atoms with van der Waals surface area (Å²) in [7, 11) is 2.72. The van der Waals surface area contributed by atoms with Crippen molar-refractivity contribution in [2.45, 2.75) is 33.2 Å². The van der Waals surface area contributed by atoms with Gasteiger partial charge in [-0.15, -0.1) is 0 Å². The number of hydrogen-bond acceptors (Lipinski definition) is 5. The number of ether oxygens (including phenoxy) is 2. The number of esters is 2. The molecule has 1 atom stereocenters. The second-order valence-electron chi connectivity index (χ2n) is 4.32. The van der Waals surface area contributed by atoms with Crippen molar-refractivity contribution in [2.75, 3.05) is 20.8 Å². The molecule has 5 heteroatoms. The molecule has 16 heavy (non-hydrogen) atoms. The molecule has 0 spiro atoms. The van der Waals surface area contributed by atoms with E-state index in [1.807, 2.05) is 13.8 Å². The van der Waals surface area contributed by atoms with E-state index in [0.717, 1.165) is 0 Å². The van der Waals surface area contributed by atoms with Gasteiger partial charge in [-0.25, -0.2) is 0 Å². The summed E-state index contributed by atoms with van der Waals surface area (Å²) < 4.78 is 9.25. The number of methoxy groups -OCH3 is 2. The first kappa shape index (κ1) is 14.9. The van der Waals surface area contributed by atoms with Gasteiger partial charge in [0, 0.05) is 0 Å². The summed E-state index contributed by atoms with van der Waals surface area (Å²) in [5.41, 5.74) is -0.544. The molecule has 0 radical (unpaired) electrons. The van der Waals surface area contributed by atoms with Crippen LogP contribution in [0, 0.1) is 5.41 Å². The number of hydrogen-bond donors (Lipinski definition) is 1. The Morgan fingerprint density at radius 1 is 1.25 bits per heavy atom. The predicted octanol–water partition coefficient (Wildman–Crippen LogP) is 0.727. The molecule has 0 aliphatic heterocycles. The lowest BCUT2D eigenvalue weighted by Crippen LogP contribution is -2.38. The molecule has 0 aromatic carbocycles. The molecule has 0 aromatic rings. The van der Waals surface area contributed by atoms with Crippen LogP contribution in [0.5, 0.6) is 0 Å². The third kappa shape index (κ3) is 4.61. The molecule has 94 valence electrons. The second kappa shape index (κ2) is 6.48. The van der Waals surface area contributed by atoms with Crippen LogP contribution >= 0.6 is 0 Å². The van der Waals surface area contributed by atoms with Crippen molar-refractivity contribution >= 4 is 11.9 Å². The zero-order chi connectivity index (χ0) is 12.8. The summed E-state index contributed by atoms with van der Waals surface area (Å²) in [5.74, 6) is -0.559. The van der Waals surface area contributed by atoms with Gasteiger partial charge in [-0.05, 0) is 33.7 Å². The van der Waals surface area contributed by atoms with Gasteiger partial charge in [-0.3, -0.25) is 9.59 Å². The highest BCUT2D eigenvalue weighted by molar-refractivity contribution is 5.76. The summed E-state index contributed by atoms with van der Waals surface area (Å²) in [4.78, 5) is 22.4. The number of rotatable bonds is 6. The number of carbonyl (C=O) groups excluding carboxylic acids is 2. The van der Waals surface area contributed by atoms with Gasteiger partial charge in [0.2, 0.25) is 0 Å². The van der Waals surface area contributed by atoms with Crippen molar-refractivity contribution in [1.29, 1.82) is 0 Å². The molecule has 1 unspecified atom stereocenters. The Kier molecular flexibility index (Phi) is 6.03. The summed E-state index contributed by atoms with van der Waals surface area (Å²) in [6.07, 6.45) is 0.598. The van der Waals surface area contributed by atoms with Crippen LogP contribution in [0.1, 0.15) is 27.2 Å². The van der Waals surface area contributed by atoms with Crippen molar-refractivity contribution in [1.82, 2.24) is 5.32 Å². The highest BCUT2D eigenvalue weighted by Crippen LogP contribution is 2.21. The average molecular weight is 231 g/mol. The molecule has 0 fully saturated rings. The number of nitrogens with one attached hydrogen (secondary N) is 1. The van der Waals surface area contributed by atoms with Crippen LogP contribution in [0.2, 0.25) is 0 Å². The molecule has 1 N–H and O–H groups in total. The summed E-state index contributed by atoms with van der Waals surface area (Å²) >= 11 is 0. The molecule has 0 heterocycles. The molecule has 0 aromatic heterocycles. The van der Waals surface area contributed by atoms with Crippen molar-refractivity contribution in [3.8, 4) is 0 Å². The average Bonchev–Trinajstić information content (AvgIpc) is 2.26. The van der Waals surface area contributed by atoms with Crippen LogP contribution in [-0.4, -0.2) is 38.7 Å². The van der Waals surface area contributed by atoms with Gasteiger partial charge in [0.15, 0.2) is 0 Å². The van der Waals surface area contributed by atoms with Crippen LogP contribution in [-0.2, 0) is 19.1 Å². The van der Waals surface area contributed by atoms with E-state index in [9.17, 15) is 9.59 Å². The van der Waals surface area contributed by atoms with Crippen LogP contribution in [0.15, 0.2) is 0 Å². The molecule has 0 saturated heterocycles. The van der Waals surface area contributed by atoms with Crippen LogP contribution in [0.3, 0.4) is 0 Å². The Labute approximate surface area is 96.5 Å².